The third kappa shape index (κ3) is 73.4. The third-order valence-electron chi connectivity index (χ3n) is 19.9. The van der Waals surface area contributed by atoms with Gasteiger partial charge in [0, 0.05) is 25.7 Å². The van der Waals surface area contributed by atoms with E-state index in [0.717, 1.165) is 108 Å². The van der Waals surface area contributed by atoms with Crippen molar-refractivity contribution < 1.29 is 80.2 Å². The van der Waals surface area contributed by atoms with Crippen molar-refractivity contribution in [2.75, 3.05) is 39.6 Å². The SMILES string of the molecule is CCCCCCCCCCCCCCCCCCCCCC(=O)OC[C@H](COP(=O)(O)OC[C@@H](O)COP(=O)(O)OC[C@@H](COC(=O)CCCCCCCCC(C)CC)OC(=O)CCCCCCCCCC(C)C)OC(=O)CCCCCCCCCCCCCCCCCCCCC(C)CC. The van der Waals surface area contributed by atoms with Gasteiger partial charge in [0.2, 0.25) is 0 Å². The Kier molecular flexibility index (Phi) is 70.9. The Morgan fingerprint density at radius 3 is 0.752 bits per heavy atom. The molecule has 19 heteroatoms. The van der Waals surface area contributed by atoms with Crippen molar-refractivity contribution in [1.29, 1.82) is 0 Å². The standard InChI is InChI=1S/C82H160O17P2/c1-8-11-12-13-14-15-16-17-18-19-20-24-27-30-33-36-41-49-56-63-79(84)92-69-77(98-81(86)65-58-51-42-37-34-31-28-25-22-21-23-26-29-32-35-40-47-54-61-74(6)9-2)71-96-100(88,89)94-67-76(83)68-95-101(90,91)97-72-78(99-82(87)66-59-52-43-38-39-46-53-60-73(4)5)70-93-80(85)64-57-50-45-44-48-55-62-75(7)10-3/h73-78,83H,8-72H2,1-7H3,(H,88,89)(H,90,91)/t74?,75?,76-,77-,78-/m1/s1. The number of carbonyl (C=O) groups is 4. The van der Waals surface area contributed by atoms with Gasteiger partial charge in [-0.3, -0.25) is 37.3 Å². The van der Waals surface area contributed by atoms with Crippen LogP contribution in [0, 0.1) is 17.8 Å². The minimum absolute atomic E-state index is 0.103. The van der Waals surface area contributed by atoms with Crippen molar-refractivity contribution in [3.05, 3.63) is 0 Å². The topological polar surface area (TPSA) is 237 Å². The average molecular weight is 1480 g/mol. The van der Waals surface area contributed by atoms with Gasteiger partial charge in [0.25, 0.3) is 0 Å². The van der Waals surface area contributed by atoms with Crippen LogP contribution >= 0.6 is 15.6 Å². The number of hydrogen-bond acceptors (Lipinski definition) is 15. The van der Waals surface area contributed by atoms with Crippen molar-refractivity contribution in [2.24, 2.45) is 17.8 Å². The first-order chi connectivity index (χ1) is 48.8. The summed E-state index contributed by atoms with van der Waals surface area (Å²) in [5.74, 6) is 0.182. The van der Waals surface area contributed by atoms with Gasteiger partial charge in [0.1, 0.15) is 19.3 Å². The van der Waals surface area contributed by atoms with E-state index in [1.54, 1.807) is 0 Å². The number of phosphoric ester groups is 2. The second kappa shape index (κ2) is 72.3. The second-order valence-corrected chi connectivity index (χ2v) is 33.4. The Morgan fingerprint density at radius 1 is 0.287 bits per heavy atom. The van der Waals surface area contributed by atoms with Crippen molar-refractivity contribution in [1.82, 2.24) is 0 Å². The molecule has 0 saturated carbocycles. The maximum atomic E-state index is 13.1. The monoisotopic (exact) mass is 1480 g/mol. The average Bonchev–Trinajstić information content (AvgIpc) is 0.984. The molecule has 0 fully saturated rings. The van der Waals surface area contributed by atoms with Crippen molar-refractivity contribution in [3.8, 4) is 0 Å². The van der Waals surface area contributed by atoms with Gasteiger partial charge < -0.3 is 33.8 Å². The van der Waals surface area contributed by atoms with E-state index in [0.29, 0.717) is 31.6 Å². The van der Waals surface area contributed by atoms with Gasteiger partial charge in [-0.15, -0.1) is 0 Å². The van der Waals surface area contributed by atoms with Crippen LogP contribution in [-0.4, -0.2) is 96.7 Å². The number of phosphoric acid groups is 2. The van der Waals surface area contributed by atoms with E-state index in [-0.39, 0.29) is 25.7 Å². The van der Waals surface area contributed by atoms with Crippen LogP contribution in [0.15, 0.2) is 0 Å². The molecule has 0 aliphatic heterocycles. The molecule has 4 unspecified atom stereocenters. The molecule has 17 nitrogen and oxygen atoms in total. The normalized spacial score (nSPS) is 14.5. The van der Waals surface area contributed by atoms with Gasteiger partial charge in [0.15, 0.2) is 12.2 Å². The van der Waals surface area contributed by atoms with Crippen LogP contribution < -0.4 is 0 Å². The van der Waals surface area contributed by atoms with Crippen LogP contribution in [-0.2, 0) is 65.4 Å². The molecule has 0 saturated heterocycles. The van der Waals surface area contributed by atoms with Gasteiger partial charge in [-0.05, 0) is 43.4 Å². The predicted octanol–water partition coefficient (Wildman–Crippen LogP) is 24.5. The lowest BCUT2D eigenvalue weighted by Crippen LogP contribution is -2.30. The summed E-state index contributed by atoms with van der Waals surface area (Å²) in [5.41, 5.74) is 0. The molecule has 0 aromatic rings. The fourth-order valence-electron chi connectivity index (χ4n) is 12.6. The summed E-state index contributed by atoms with van der Waals surface area (Å²) in [5, 5.41) is 10.6. The van der Waals surface area contributed by atoms with E-state index in [4.69, 9.17) is 37.0 Å². The number of esters is 4. The molecule has 101 heavy (non-hydrogen) atoms. The second-order valence-electron chi connectivity index (χ2n) is 30.5. The lowest BCUT2D eigenvalue weighted by molar-refractivity contribution is -0.161. The van der Waals surface area contributed by atoms with Crippen LogP contribution in [0.1, 0.15) is 427 Å². The van der Waals surface area contributed by atoms with Crippen LogP contribution in [0.25, 0.3) is 0 Å². The Bertz CT molecular complexity index is 1960. The summed E-state index contributed by atoms with van der Waals surface area (Å²) in [6, 6.07) is 0. The number of aliphatic hydroxyl groups is 1. The van der Waals surface area contributed by atoms with Gasteiger partial charge >= 0.3 is 39.5 Å². The Morgan fingerprint density at radius 2 is 0.505 bits per heavy atom. The molecule has 0 heterocycles. The van der Waals surface area contributed by atoms with E-state index >= 15 is 0 Å². The van der Waals surface area contributed by atoms with E-state index in [9.17, 15) is 43.2 Å². The fraction of sp³-hybridized carbons (Fsp3) is 0.951. The molecule has 0 aromatic carbocycles. The molecule has 7 atom stereocenters. The summed E-state index contributed by atoms with van der Waals surface area (Å²) < 4.78 is 68.6. The van der Waals surface area contributed by atoms with Crippen LogP contribution in [0.5, 0.6) is 0 Å². The molecular formula is C82H160O17P2. The third-order valence-corrected chi connectivity index (χ3v) is 21.8. The molecule has 600 valence electrons. The molecular weight excluding hydrogens is 1320 g/mol. The molecule has 0 spiro atoms. The van der Waals surface area contributed by atoms with Crippen LogP contribution in [0.4, 0.5) is 0 Å². The Labute approximate surface area is 619 Å². The summed E-state index contributed by atoms with van der Waals surface area (Å²) in [4.78, 5) is 73.0. The molecule has 0 aliphatic rings. The fourth-order valence-corrected chi connectivity index (χ4v) is 14.2. The number of aliphatic hydroxyl groups excluding tert-OH is 1. The highest BCUT2D eigenvalue weighted by Crippen LogP contribution is 2.45. The number of ether oxygens (including phenoxy) is 4. The quantitative estimate of drug-likeness (QED) is 0.0222. The molecule has 0 aromatic heterocycles. The molecule has 0 amide bonds. The lowest BCUT2D eigenvalue weighted by atomic mass is 9.99. The summed E-state index contributed by atoms with van der Waals surface area (Å²) in [6.07, 6.45) is 61.4. The number of unbranched alkanes of at least 4 members (excludes halogenated alkanes) is 46. The highest BCUT2D eigenvalue weighted by atomic mass is 31.2. The Balaban J connectivity index is 5.19. The lowest BCUT2D eigenvalue weighted by Gasteiger charge is -2.21. The first-order valence-electron chi connectivity index (χ1n) is 42.4. The predicted molar refractivity (Wildman–Crippen MR) is 414 cm³/mol. The minimum Gasteiger partial charge on any atom is -0.462 e. The smallest absolute Gasteiger partial charge is 0.462 e. The summed E-state index contributed by atoms with van der Waals surface area (Å²) in [7, 11) is -9.92. The zero-order valence-electron chi connectivity index (χ0n) is 66.4. The van der Waals surface area contributed by atoms with Crippen LogP contribution in [0.2, 0.25) is 0 Å². The highest BCUT2D eigenvalue weighted by molar-refractivity contribution is 7.47. The maximum absolute atomic E-state index is 13.1. The highest BCUT2D eigenvalue weighted by Gasteiger charge is 2.30. The summed E-state index contributed by atoms with van der Waals surface area (Å²) >= 11 is 0. The van der Waals surface area contributed by atoms with Crippen molar-refractivity contribution in [3.63, 3.8) is 0 Å². The van der Waals surface area contributed by atoms with Crippen molar-refractivity contribution in [2.45, 2.75) is 446 Å². The zero-order valence-corrected chi connectivity index (χ0v) is 68.2. The molecule has 0 aliphatic carbocycles. The minimum atomic E-state index is -4.96. The van der Waals surface area contributed by atoms with Crippen molar-refractivity contribution >= 4 is 39.5 Å². The van der Waals surface area contributed by atoms with Gasteiger partial charge in [-0.1, -0.05) is 376 Å². The maximum Gasteiger partial charge on any atom is 0.472 e. The first kappa shape index (κ1) is 99.1. The van der Waals surface area contributed by atoms with Gasteiger partial charge in [-0.2, -0.15) is 0 Å². The number of hydrogen-bond donors (Lipinski definition) is 3. The van der Waals surface area contributed by atoms with Crippen LogP contribution in [0.3, 0.4) is 0 Å². The first-order valence-corrected chi connectivity index (χ1v) is 45.4. The largest absolute Gasteiger partial charge is 0.472 e. The zero-order chi connectivity index (χ0) is 74.4. The van der Waals surface area contributed by atoms with E-state index in [1.807, 2.05) is 0 Å². The molecule has 3 N–H and O–H groups in total. The summed E-state index contributed by atoms with van der Waals surface area (Å²) in [6.45, 7) is 11.9. The van der Waals surface area contributed by atoms with E-state index in [2.05, 4.69) is 48.5 Å². The van der Waals surface area contributed by atoms with E-state index in [1.165, 1.54) is 231 Å². The molecule has 0 bridgehead atoms. The number of rotatable bonds is 80. The number of carbonyl (C=O) groups excluding carboxylic acids is 4. The van der Waals surface area contributed by atoms with E-state index < -0.39 is 97.5 Å². The molecule has 0 rings (SSSR count). The Hall–Kier alpha value is -1.94. The van der Waals surface area contributed by atoms with Gasteiger partial charge in [-0.25, -0.2) is 9.13 Å². The molecule has 0 radical (unpaired) electrons. The van der Waals surface area contributed by atoms with Gasteiger partial charge in [0.05, 0.1) is 26.4 Å².